The SMILES string of the molecule is CCc1nnc(N2CCN(C(=O)CCC(=O)c3ccccc3Cl)CC2)o1. The fourth-order valence-electron chi connectivity index (χ4n) is 2.86. The Morgan fingerprint density at radius 3 is 2.50 bits per heavy atom. The lowest BCUT2D eigenvalue weighted by Crippen LogP contribution is -2.49. The molecule has 0 radical (unpaired) electrons. The van der Waals surface area contributed by atoms with Crippen molar-refractivity contribution in [2.24, 2.45) is 0 Å². The number of amides is 1. The van der Waals surface area contributed by atoms with Crippen LogP contribution in [0.1, 0.15) is 36.0 Å². The summed E-state index contributed by atoms with van der Waals surface area (Å²) in [5.74, 6) is 0.474. The van der Waals surface area contributed by atoms with E-state index >= 15 is 0 Å². The molecule has 2 aromatic rings. The zero-order valence-corrected chi connectivity index (χ0v) is 15.4. The van der Waals surface area contributed by atoms with E-state index in [4.69, 9.17) is 16.0 Å². The average Bonchev–Trinajstić information content (AvgIpc) is 3.15. The number of Topliss-reactive ketones (excluding diaryl/α,β-unsaturated/α-hetero) is 1. The van der Waals surface area contributed by atoms with E-state index in [1.54, 1.807) is 29.2 Å². The molecule has 0 unspecified atom stereocenters. The van der Waals surface area contributed by atoms with Gasteiger partial charge in [0, 0.05) is 51.0 Å². The molecule has 0 spiro atoms. The maximum atomic E-state index is 12.4. The third kappa shape index (κ3) is 4.22. The second-order valence-corrected chi connectivity index (χ2v) is 6.51. The molecule has 138 valence electrons. The van der Waals surface area contributed by atoms with E-state index in [0.29, 0.717) is 55.1 Å². The van der Waals surface area contributed by atoms with Crippen LogP contribution in [0.15, 0.2) is 28.7 Å². The fraction of sp³-hybridized carbons (Fsp3) is 0.444. The quantitative estimate of drug-likeness (QED) is 0.721. The second-order valence-electron chi connectivity index (χ2n) is 6.10. The van der Waals surface area contributed by atoms with Gasteiger partial charge in [0.15, 0.2) is 5.78 Å². The van der Waals surface area contributed by atoms with Crippen LogP contribution in [0.25, 0.3) is 0 Å². The third-order valence-electron chi connectivity index (χ3n) is 4.40. The van der Waals surface area contributed by atoms with Gasteiger partial charge < -0.3 is 14.2 Å². The Morgan fingerprint density at radius 2 is 1.85 bits per heavy atom. The van der Waals surface area contributed by atoms with Gasteiger partial charge in [-0.3, -0.25) is 9.59 Å². The van der Waals surface area contributed by atoms with Crippen molar-refractivity contribution in [1.82, 2.24) is 15.1 Å². The summed E-state index contributed by atoms with van der Waals surface area (Å²) < 4.78 is 5.55. The molecular weight excluding hydrogens is 356 g/mol. The largest absolute Gasteiger partial charge is 0.408 e. The molecule has 0 bridgehead atoms. The number of ketones is 1. The number of halogens is 1. The Bertz CT molecular complexity index is 784. The normalized spacial score (nSPS) is 14.5. The summed E-state index contributed by atoms with van der Waals surface area (Å²) in [6.07, 6.45) is 1.04. The smallest absolute Gasteiger partial charge is 0.318 e. The van der Waals surface area contributed by atoms with Crippen molar-refractivity contribution in [2.75, 3.05) is 31.1 Å². The van der Waals surface area contributed by atoms with Gasteiger partial charge in [-0.2, -0.15) is 0 Å². The van der Waals surface area contributed by atoms with Crippen LogP contribution in [0.3, 0.4) is 0 Å². The average molecular weight is 377 g/mol. The van der Waals surface area contributed by atoms with E-state index in [1.807, 2.05) is 11.8 Å². The predicted octanol–water partition coefficient (Wildman–Crippen LogP) is 2.60. The number of piperazine rings is 1. The topological polar surface area (TPSA) is 79.5 Å². The predicted molar refractivity (Wildman–Crippen MR) is 97.5 cm³/mol. The molecule has 8 heteroatoms. The van der Waals surface area contributed by atoms with E-state index in [1.165, 1.54) is 0 Å². The molecule has 0 atom stereocenters. The first kappa shape index (κ1) is 18.4. The molecule has 3 rings (SSSR count). The van der Waals surface area contributed by atoms with Crippen molar-refractivity contribution < 1.29 is 14.0 Å². The van der Waals surface area contributed by atoms with Crippen LogP contribution in [0.5, 0.6) is 0 Å². The van der Waals surface area contributed by atoms with Crippen molar-refractivity contribution in [3.05, 3.63) is 40.7 Å². The Balaban J connectivity index is 1.48. The van der Waals surface area contributed by atoms with Crippen molar-refractivity contribution in [2.45, 2.75) is 26.2 Å². The number of benzene rings is 1. The Labute approximate surface area is 156 Å². The van der Waals surface area contributed by atoms with E-state index < -0.39 is 0 Å². The van der Waals surface area contributed by atoms with Crippen molar-refractivity contribution >= 4 is 29.3 Å². The van der Waals surface area contributed by atoms with Crippen molar-refractivity contribution in [3.63, 3.8) is 0 Å². The molecule has 2 heterocycles. The van der Waals surface area contributed by atoms with Crippen LogP contribution in [0, 0.1) is 0 Å². The van der Waals surface area contributed by atoms with E-state index in [-0.39, 0.29) is 24.5 Å². The summed E-state index contributed by atoms with van der Waals surface area (Å²) >= 11 is 6.03. The number of aryl methyl sites for hydroxylation is 1. The molecule has 1 saturated heterocycles. The van der Waals surface area contributed by atoms with Gasteiger partial charge >= 0.3 is 6.01 Å². The second kappa shape index (κ2) is 8.31. The van der Waals surface area contributed by atoms with Gasteiger partial charge in [0.25, 0.3) is 0 Å². The van der Waals surface area contributed by atoms with E-state index in [9.17, 15) is 9.59 Å². The molecule has 7 nitrogen and oxygen atoms in total. The van der Waals surface area contributed by atoms with Gasteiger partial charge in [0.1, 0.15) is 0 Å². The summed E-state index contributed by atoms with van der Waals surface area (Å²) in [7, 11) is 0. The van der Waals surface area contributed by atoms with Gasteiger partial charge in [-0.05, 0) is 12.1 Å². The molecule has 1 amide bonds. The summed E-state index contributed by atoms with van der Waals surface area (Å²) in [6.45, 7) is 4.37. The molecule has 1 aromatic heterocycles. The maximum absolute atomic E-state index is 12.4. The van der Waals surface area contributed by atoms with Crippen LogP contribution >= 0.6 is 11.6 Å². The van der Waals surface area contributed by atoms with E-state index in [0.717, 1.165) is 0 Å². The highest BCUT2D eigenvalue weighted by Gasteiger charge is 2.24. The Hall–Kier alpha value is -2.41. The number of nitrogens with zero attached hydrogens (tertiary/aromatic N) is 4. The highest BCUT2D eigenvalue weighted by atomic mass is 35.5. The van der Waals surface area contributed by atoms with Crippen LogP contribution in [-0.2, 0) is 11.2 Å². The van der Waals surface area contributed by atoms with Gasteiger partial charge in [-0.15, -0.1) is 5.10 Å². The number of anilines is 1. The first-order valence-corrected chi connectivity index (χ1v) is 9.09. The van der Waals surface area contributed by atoms with Crippen LogP contribution in [-0.4, -0.2) is 53.0 Å². The molecule has 0 saturated carbocycles. The first-order chi connectivity index (χ1) is 12.6. The van der Waals surface area contributed by atoms with E-state index in [2.05, 4.69) is 10.2 Å². The zero-order chi connectivity index (χ0) is 18.5. The summed E-state index contributed by atoms with van der Waals surface area (Å²) in [6, 6.07) is 7.40. The summed E-state index contributed by atoms with van der Waals surface area (Å²) in [5, 5.41) is 8.41. The minimum absolute atomic E-state index is 0.0233. The molecule has 0 aliphatic carbocycles. The summed E-state index contributed by atoms with van der Waals surface area (Å²) in [5.41, 5.74) is 0.468. The van der Waals surface area contributed by atoms with Gasteiger partial charge in [-0.1, -0.05) is 35.8 Å². The zero-order valence-electron chi connectivity index (χ0n) is 14.7. The number of carbonyl (C=O) groups excluding carboxylic acids is 2. The van der Waals surface area contributed by atoms with Crippen molar-refractivity contribution in [3.8, 4) is 0 Å². The van der Waals surface area contributed by atoms with Crippen molar-refractivity contribution in [1.29, 1.82) is 0 Å². The van der Waals surface area contributed by atoms with Crippen LogP contribution in [0.2, 0.25) is 5.02 Å². The minimum Gasteiger partial charge on any atom is -0.408 e. The molecule has 1 fully saturated rings. The monoisotopic (exact) mass is 376 g/mol. The highest BCUT2D eigenvalue weighted by Crippen LogP contribution is 2.19. The van der Waals surface area contributed by atoms with Gasteiger partial charge in [-0.25, -0.2) is 0 Å². The van der Waals surface area contributed by atoms with Crippen LogP contribution < -0.4 is 4.90 Å². The lowest BCUT2D eigenvalue weighted by Gasteiger charge is -2.33. The minimum atomic E-state index is -0.111. The Morgan fingerprint density at radius 1 is 1.12 bits per heavy atom. The molecule has 1 aliphatic heterocycles. The number of carbonyl (C=O) groups is 2. The number of aromatic nitrogens is 2. The summed E-state index contributed by atoms with van der Waals surface area (Å²) in [4.78, 5) is 28.4. The fourth-order valence-corrected chi connectivity index (χ4v) is 3.10. The van der Waals surface area contributed by atoms with Gasteiger partial charge in [0.2, 0.25) is 11.8 Å². The Kier molecular flexibility index (Phi) is 5.88. The molecule has 1 aliphatic rings. The highest BCUT2D eigenvalue weighted by molar-refractivity contribution is 6.34. The molecule has 1 aromatic carbocycles. The number of rotatable bonds is 6. The number of hydrogen-bond acceptors (Lipinski definition) is 6. The standard InChI is InChI=1S/C18H21ClN4O3/c1-2-16-20-21-18(26-16)23-11-9-22(10-12-23)17(25)8-7-15(24)13-5-3-4-6-14(13)19/h3-6H,2,7-12H2,1H3. The lowest BCUT2D eigenvalue weighted by molar-refractivity contribution is -0.131. The molecule has 0 N–H and O–H groups in total. The van der Waals surface area contributed by atoms with Gasteiger partial charge in [0.05, 0.1) is 5.02 Å². The maximum Gasteiger partial charge on any atom is 0.318 e. The number of hydrogen-bond donors (Lipinski definition) is 0. The molecular formula is C18H21ClN4O3. The van der Waals surface area contributed by atoms with Crippen LogP contribution in [0.4, 0.5) is 6.01 Å². The first-order valence-electron chi connectivity index (χ1n) is 8.71. The molecule has 26 heavy (non-hydrogen) atoms. The lowest BCUT2D eigenvalue weighted by atomic mass is 10.1. The third-order valence-corrected chi connectivity index (χ3v) is 4.73.